The summed E-state index contributed by atoms with van der Waals surface area (Å²) >= 11 is 0. The van der Waals surface area contributed by atoms with Crippen molar-refractivity contribution in [2.45, 2.75) is 32.5 Å². The highest BCUT2D eigenvalue weighted by molar-refractivity contribution is 5.93. The molecule has 0 bridgehead atoms. The van der Waals surface area contributed by atoms with E-state index in [0.717, 1.165) is 24.1 Å². The Morgan fingerprint density at radius 2 is 2.12 bits per heavy atom. The van der Waals surface area contributed by atoms with E-state index in [9.17, 15) is 9.59 Å². The first-order chi connectivity index (χ1) is 11.7. The van der Waals surface area contributed by atoms with Gasteiger partial charge in [0.05, 0.1) is 12.1 Å². The maximum Gasteiger partial charge on any atom is 0.254 e. The van der Waals surface area contributed by atoms with E-state index >= 15 is 0 Å². The largest absolute Gasteiger partial charge is 0.467 e. The van der Waals surface area contributed by atoms with Crippen LogP contribution >= 0.6 is 0 Å². The van der Waals surface area contributed by atoms with Crippen LogP contribution in [0.3, 0.4) is 0 Å². The second-order valence-electron chi connectivity index (χ2n) is 5.93. The van der Waals surface area contributed by atoms with Gasteiger partial charge < -0.3 is 20.4 Å². The molecule has 2 aromatic rings. The summed E-state index contributed by atoms with van der Waals surface area (Å²) in [6.07, 6.45) is 2.99. The van der Waals surface area contributed by atoms with Crippen LogP contribution in [0.1, 0.15) is 40.1 Å². The molecular formula is C18H21N3O3. The second kappa shape index (κ2) is 7.31. The zero-order valence-corrected chi connectivity index (χ0v) is 13.5. The van der Waals surface area contributed by atoms with Gasteiger partial charge in [0.15, 0.2) is 0 Å². The molecule has 24 heavy (non-hydrogen) atoms. The molecule has 1 aliphatic rings. The van der Waals surface area contributed by atoms with Crippen molar-refractivity contribution in [2.75, 3.05) is 6.54 Å². The van der Waals surface area contributed by atoms with E-state index in [1.165, 1.54) is 6.26 Å². The smallest absolute Gasteiger partial charge is 0.254 e. The summed E-state index contributed by atoms with van der Waals surface area (Å²) in [6.45, 7) is 2.14. The zero-order chi connectivity index (χ0) is 16.9. The zero-order valence-electron chi connectivity index (χ0n) is 13.5. The summed E-state index contributed by atoms with van der Waals surface area (Å²) in [5.41, 5.74) is 8.01. The van der Waals surface area contributed by atoms with Gasteiger partial charge in [0.1, 0.15) is 12.0 Å². The Hall–Kier alpha value is -2.60. The molecule has 2 amide bonds. The van der Waals surface area contributed by atoms with Crippen molar-refractivity contribution in [3.63, 3.8) is 0 Å². The van der Waals surface area contributed by atoms with E-state index in [1.807, 2.05) is 29.2 Å². The highest BCUT2D eigenvalue weighted by Gasteiger charge is 2.20. The average Bonchev–Trinajstić information content (AvgIpc) is 3.23. The van der Waals surface area contributed by atoms with E-state index in [-0.39, 0.29) is 18.4 Å². The van der Waals surface area contributed by atoms with Gasteiger partial charge in [-0.15, -0.1) is 0 Å². The SMILES string of the molecule is NCc1cc(C(=O)NCc2cccc(CN3CCCC3=O)c2)co1. The number of nitrogens with zero attached hydrogens (tertiary/aromatic N) is 1. The van der Waals surface area contributed by atoms with Crippen molar-refractivity contribution in [3.8, 4) is 0 Å². The van der Waals surface area contributed by atoms with Crippen LogP contribution in [0.5, 0.6) is 0 Å². The number of benzene rings is 1. The van der Waals surface area contributed by atoms with Crippen molar-refractivity contribution in [1.82, 2.24) is 10.2 Å². The minimum absolute atomic E-state index is 0.196. The van der Waals surface area contributed by atoms with Gasteiger partial charge in [-0.25, -0.2) is 0 Å². The van der Waals surface area contributed by atoms with E-state index in [2.05, 4.69) is 5.32 Å². The summed E-state index contributed by atoms with van der Waals surface area (Å²) < 4.78 is 5.17. The number of hydrogen-bond donors (Lipinski definition) is 2. The van der Waals surface area contributed by atoms with Gasteiger partial charge in [-0.3, -0.25) is 9.59 Å². The Morgan fingerprint density at radius 3 is 2.83 bits per heavy atom. The summed E-state index contributed by atoms with van der Waals surface area (Å²) in [6, 6.07) is 9.57. The van der Waals surface area contributed by atoms with E-state index in [1.54, 1.807) is 6.07 Å². The van der Waals surface area contributed by atoms with Crippen molar-refractivity contribution in [1.29, 1.82) is 0 Å². The van der Waals surface area contributed by atoms with E-state index in [4.69, 9.17) is 10.2 Å². The Morgan fingerprint density at radius 1 is 1.29 bits per heavy atom. The predicted octanol–water partition coefficient (Wildman–Crippen LogP) is 1.79. The van der Waals surface area contributed by atoms with Crippen LogP contribution in [-0.4, -0.2) is 23.3 Å². The van der Waals surface area contributed by atoms with Crippen LogP contribution in [0, 0.1) is 0 Å². The Balaban J connectivity index is 1.58. The molecular weight excluding hydrogens is 306 g/mol. The predicted molar refractivity (Wildman–Crippen MR) is 88.9 cm³/mol. The molecule has 3 rings (SSSR count). The number of nitrogens with one attached hydrogen (secondary N) is 1. The fourth-order valence-electron chi connectivity index (χ4n) is 2.82. The topological polar surface area (TPSA) is 88.6 Å². The van der Waals surface area contributed by atoms with Gasteiger partial charge in [0, 0.05) is 26.1 Å². The van der Waals surface area contributed by atoms with E-state index < -0.39 is 0 Å². The molecule has 3 N–H and O–H groups in total. The van der Waals surface area contributed by atoms with Gasteiger partial charge in [0.2, 0.25) is 5.91 Å². The van der Waals surface area contributed by atoms with Crippen molar-refractivity contribution < 1.29 is 14.0 Å². The van der Waals surface area contributed by atoms with Gasteiger partial charge >= 0.3 is 0 Å². The summed E-state index contributed by atoms with van der Waals surface area (Å²) in [5, 5.41) is 2.86. The molecule has 0 aliphatic carbocycles. The Bertz CT molecular complexity index is 739. The maximum atomic E-state index is 12.1. The molecule has 1 fully saturated rings. The van der Waals surface area contributed by atoms with Crippen LogP contribution < -0.4 is 11.1 Å². The fourth-order valence-corrected chi connectivity index (χ4v) is 2.82. The van der Waals surface area contributed by atoms with Gasteiger partial charge in [0.25, 0.3) is 5.91 Å². The quantitative estimate of drug-likeness (QED) is 0.846. The fraction of sp³-hybridized carbons (Fsp3) is 0.333. The molecule has 6 nitrogen and oxygen atoms in total. The molecule has 1 aliphatic heterocycles. The number of furan rings is 1. The lowest BCUT2D eigenvalue weighted by Gasteiger charge is -2.16. The standard InChI is InChI=1S/C18H21N3O3/c19-9-16-8-15(12-24-16)18(23)20-10-13-3-1-4-14(7-13)11-21-6-2-5-17(21)22/h1,3-4,7-8,12H,2,5-6,9-11,19H2,(H,20,23). The van der Waals surface area contributed by atoms with Gasteiger partial charge in [-0.05, 0) is 23.6 Å². The molecule has 0 saturated carbocycles. The highest BCUT2D eigenvalue weighted by Crippen LogP contribution is 2.15. The Labute approximate surface area is 140 Å². The number of carbonyl (C=O) groups is 2. The van der Waals surface area contributed by atoms with Crippen LogP contribution in [0.2, 0.25) is 0 Å². The van der Waals surface area contributed by atoms with Crippen LogP contribution in [0.4, 0.5) is 0 Å². The number of nitrogens with two attached hydrogens (primary N) is 1. The lowest BCUT2D eigenvalue weighted by Crippen LogP contribution is -2.24. The monoisotopic (exact) mass is 327 g/mol. The van der Waals surface area contributed by atoms with Crippen LogP contribution in [-0.2, 0) is 24.4 Å². The third kappa shape index (κ3) is 3.83. The minimum atomic E-state index is -0.196. The molecule has 1 aromatic carbocycles. The molecule has 126 valence electrons. The summed E-state index contributed by atoms with van der Waals surface area (Å²) in [4.78, 5) is 25.7. The normalized spacial score (nSPS) is 14.2. The third-order valence-electron chi connectivity index (χ3n) is 4.11. The molecule has 0 radical (unpaired) electrons. The lowest BCUT2D eigenvalue weighted by atomic mass is 10.1. The molecule has 0 atom stereocenters. The van der Waals surface area contributed by atoms with Crippen molar-refractivity contribution in [2.24, 2.45) is 5.73 Å². The number of amides is 2. The summed E-state index contributed by atoms with van der Waals surface area (Å²) in [7, 11) is 0. The van der Waals surface area contributed by atoms with Gasteiger partial charge in [-0.2, -0.15) is 0 Å². The molecule has 0 unspecified atom stereocenters. The number of hydrogen-bond acceptors (Lipinski definition) is 4. The molecule has 6 heteroatoms. The Kier molecular flexibility index (Phi) is 4.96. The number of carbonyl (C=O) groups excluding carboxylic acids is 2. The van der Waals surface area contributed by atoms with Crippen molar-refractivity contribution >= 4 is 11.8 Å². The van der Waals surface area contributed by atoms with E-state index in [0.29, 0.717) is 30.8 Å². The van der Waals surface area contributed by atoms with Crippen LogP contribution in [0.25, 0.3) is 0 Å². The van der Waals surface area contributed by atoms with Crippen LogP contribution in [0.15, 0.2) is 41.0 Å². The minimum Gasteiger partial charge on any atom is -0.467 e. The van der Waals surface area contributed by atoms with Crippen molar-refractivity contribution in [3.05, 3.63) is 59.0 Å². The third-order valence-corrected chi connectivity index (χ3v) is 4.11. The average molecular weight is 327 g/mol. The first kappa shape index (κ1) is 16.3. The molecule has 0 spiro atoms. The van der Waals surface area contributed by atoms with Gasteiger partial charge in [-0.1, -0.05) is 24.3 Å². The molecule has 1 aromatic heterocycles. The highest BCUT2D eigenvalue weighted by atomic mass is 16.3. The second-order valence-corrected chi connectivity index (χ2v) is 5.93. The lowest BCUT2D eigenvalue weighted by molar-refractivity contribution is -0.128. The first-order valence-corrected chi connectivity index (χ1v) is 8.07. The summed E-state index contributed by atoms with van der Waals surface area (Å²) in [5.74, 6) is 0.598. The maximum absolute atomic E-state index is 12.1. The number of rotatable bonds is 6. The first-order valence-electron chi connectivity index (χ1n) is 8.07. The number of likely N-dealkylation sites (tertiary alicyclic amines) is 1. The molecule has 2 heterocycles. The molecule has 1 saturated heterocycles.